The zero-order valence-electron chi connectivity index (χ0n) is 13.0. The van der Waals surface area contributed by atoms with Crippen molar-refractivity contribution in [1.82, 2.24) is 0 Å². The van der Waals surface area contributed by atoms with E-state index in [-0.39, 0.29) is 0 Å². The zero-order valence-corrected chi connectivity index (χ0v) is 13.0. The fourth-order valence-corrected chi connectivity index (χ4v) is 2.11. The lowest BCUT2D eigenvalue weighted by Gasteiger charge is -2.21. The summed E-state index contributed by atoms with van der Waals surface area (Å²) in [6, 6.07) is 12.7. The van der Waals surface area contributed by atoms with E-state index in [1.54, 1.807) is 24.3 Å². The van der Waals surface area contributed by atoms with E-state index in [9.17, 15) is 4.79 Å². The molecule has 5 N–H and O–H groups in total. The van der Waals surface area contributed by atoms with Gasteiger partial charge in [0.2, 0.25) is 0 Å². The van der Waals surface area contributed by atoms with Crippen molar-refractivity contribution in [2.45, 2.75) is 26.4 Å². The number of hydrogen-bond donors (Lipinski definition) is 3. The molecule has 22 heavy (non-hydrogen) atoms. The van der Waals surface area contributed by atoms with Gasteiger partial charge >= 0.3 is 6.09 Å². The smallest absolute Gasteiger partial charge is 0.412 e. The third-order valence-corrected chi connectivity index (χ3v) is 2.96. The Morgan fingerprint density at radius 2 is 1.64 bits per heavy atom. The number of carbonyl (C=O) groups excluding carboxylic acids is 1. The normalized spacial score (nSPS) is 11.0. The first-order valence-electron chi connectivity index (χ1n) is 7.01. The Bertz CT molecular complexity index is 691. The second kappa shape index (κ2) is 5.97. The maximum atomic E-state index is 12.0. The zero-order chi connectivity index (χ0) is 16.3. The van der Waals surface area contributed by atoms with Crippen LogP contribution >= 0.6 is 0 Å². The Morgan fingerprint density at radius 3 is 2.27 bits per heavy atom. The molecule has 0 saturated heterocycles. The van der Waals surface area contributed by atoms with E-state index >= 15 is 0 Å². The first-order chi connectivity index (χ1) is 10.3. The summed E-state index contributed by atoms with van der Waals surface area (Å²) in [4.78, 5) is 12.0. The Kier molecular flexibility index (Phi) is 4.26. The molecule has 0 fully saturated rings. The molecule has 5 nitrogen and oxygen atoms in total. The van der Waals surface area contributed by atoms with Gasteiger partial charge in [-0.05, 0) is 39.0 Å². The number of anilines is 3. The van der Waals surface area contributed by atoms with Crippen molar-refractivity contribution in [3.63, 3.8) is 0 Å². The van der Waals surface area contributed by atoms with Crippen LogP contribution in [0.1, 0.15) is 20.8 Å². The number of carbonyl (C=O) groups is 1. The number of nitrogens with one attached hydrogen (secondary N) is 1. The van der Waals surface area contributed by atoms with Crippen LogP contribution in [-0.4, -0.2) is 11.7 Å². The van der Waals surface area contributed by atoms with E-state index in [1.165, 1.54) is 0 Å². The van der Waals surface area contributed by atoms with Crippen LogP contribution in [0.2, 0.25) is 0 Å². The van der Waals surface area contributed by atoms with Crippen molar-refractivity contribution in [3.05, 3.63) is 42.5 Å². The van der Waals surface area contributed by atoms with Crippen molar-refractivity contribution in [2.75, 3.05) is 16.8 Å². The fourth-order valence-electron chi connectivity index (χ4n) is 2.11. The molecule has 0 unspecified atom stereocenters. The summed E-state index contributed by atoms with van der Waals surface area (Å²) < 4.78 is 5.28. The summed E-state index contributed by atoms with van der Waals surface area (Å²) in [6.07, 6.45) is -0.533. The van der Waals surface area contributed by atoms with Crippen LogP contribution in [0.15, 0.2) is 42.5 Å². The van der Waals surface area contributed by atoms with E-state index in [1.807, 2.05) is 39.0 Å². The van der Waals surface area contributed by atoms with E-state index in [2.05, 4.69) is 5.32 Å². The molecule has 0 radical (unpaired) electrons. The van der Waals surface area contributed by atoms with Gasteiger partial charge in [0, 0.05) is 22.5 Å². The largest absolute Gasteiger partial charge is 0.444 e. The molecule has 2 rings (SSSR count). The molecule has 5 heteroatoms. The number of nitrogens with two attached hydrogens (primary N) is 2. The highest BCUT2D eigenvalue weighted by atomic mass is 16.6. The van der Waals surface area contributed by atoms with E-state index in [0.717, 1.165) is 5.56 Å². The number of ether oxygens (including phenoxy) is 1. The van der Waals surface area contributed by atoms with Gasteiger partial charge in [0.25, 0.3) is 0 Å². The molecule has 2 aromatic carbocycles. The standard InChI is InChI=1S/C17H21N3O2/c1-17(2,3)22-16(21)20-14-10-6-9-13(19)15(14)11-7-4-5-8-12(11)18/h4-10H,18-19H2,1-3H3,(H,20,21). The first kappa shape index (κ1) is 15.7. The van der Waals surface area contributed by atoms with Crippen LogP contribution < -0.4 is 16.8 Å². The highest BCUT2D eigenvalue weighted by molar-refractivity contribution is 5.98. The summed E-state index contributed by atoms with van der Waals surface area (Å²) in [5.74, 6) is 0. The Balaban J connectivity index is 2.40. The van der Waals surface area contributed by atoms with E-state index < -0.39 is 11.7 Å². The molecular formula is C17H21N3O2. The van der Waals surface area contributed by atoms with E-state index in [4.69, 9.17) is 16.2 Å². The minimum Gasteiger partial charge on any atom is -0.444 e. The fraction of sp³-hybridized carbons (Fsp3) is 0.235. The number of hydrogen-bond acceptors (Lipinski definition) is 4. The van der Waals surface area contributed by atoms with Crippen molar-refractivity contribution < 1.29 is 9.53 Å². The average molecular weight is 299 g/mol. The van der Waals surface area contributed by atoms with Crippen LogP contribution in [-0.2, 0) is 4.74 Å². The summed E-state index contributed by atoms with van der Waals surface area (Å²) >= 11 is 0. The highest BCUT2D eigenvalue weighted by Crippen LogP contribution is 2.36. The van der Waals surface area contributed by atoms with Gasteiger partial charge in [-0.3, -0.25) is 5.32 Å². The van der Waals surface area contributed by atoms with Gasteiger partial charge in [-0.25, -0.2) is 4.79 Å². The van der Waals surface area contributed by atoms with Gasteiger partial charge in [-0.15, -0.1) is 0 Å². The van der Waals surface area contributed by atoms with Gasteiger partial charge in [0.05, 0.1) is 5.69 Å². The Hall–Kier alpha value is -2.69. The molecule has 0 heterocycles. The van der Waals surface area contributed by atoms with E-state index in [0.29, 0.717) is 22.6 Å². The maximum Gasteiger partial charge on any atom is 0.412 e. The molecular weight excluding hydrogens is 278 g/mol. The highest BCUT2D eigenvalue weighted by Gasteiger charge is 2.18. The monoisotopic (exact) mass is 299 g/mol. The van der Waals surface area contributed by atoms with Crippen LogP contribution in [0.25, 0.3) is 11.1 Å². The summed E-state index contributed by atoms with van der Waals surface area (Å²) in [5, 5.41) is 2.74. The molecule has 0 aliphatic carbocycles. The third-order valence-electron chi connectivity index (χ3n) is 2.96. The third kappa shape index (κ3) is 3.69. The molecule has 116 valence electrons. The Labute approximate surface area is 130 Å². The van der Waals surface area contributed by atoms with Crippen LogP contribution in [0, 0.1) is 0 Å². The molecule has 0 aliphatic heterocycles. The number of benzene rings is 2. The molecule has 0 saturated carbocycles. The number of amides is 1. The summed E-state index contributed by atoms with van der Waals surface area (Å²) in [6.45, 7) is 5.42. The van der Waals surface area contributed by atoms with Crippen molar-refractivity contribution in [3.8, 4) is 11.1 Å². The van der Waals surface area contributed by atoms with Crippen molar-refractivity contribution in [1.29, 1.82) is 0 Å². The predicted octanol–water partition coefficient (Wildman–Crippen LogP) is 3.87. The lowest BCUT2D eigenvalue weighted by molar-refractivity contribution is 0.0636. The van der Waals surface area contributed by atoms with Gasteiger partial charge in [-0.2, -0.15) is 0 Å². The number of nitrogen functional groups attached to an aromatic ring is 2. The summed E-state index contributed by atoms with van der Waals surface area (Å²) in [7, 11) is 0. The van der Waals surface area contributed by atoms with Crippen LogP contribution in [0.5, 0.6) is 0 Å². The van der Waals surface area contributed by atoms with Crippen molar-refractivity contribution >= 4 is 23.2 Å². The second-order valence-corrected chi connectivity index (χ2v) is 5.98. The SMILES string of the molecule is CC(C)(C)OC(=O)Nc1cccc(N)c1-c1ccccc1N. The Morgan fingerprint density at radius 1 is 1.00 bits per heavy atom. The summed E-state index contributed by atoms with van der Waals surface area (Å²) in [5.41, 5.74) is 14.7. The molecule has 0 aromatic heterocycles. The molecule has 0 atom stereocenters. The topological polar surface area (TPSA) is 90.4 Å². The van der Waals surface area contributed by atoms with Gasteiger partial charge in [0.1, 0.15) is 5.60 Å². The molecule has 1 amide bonds. The van der Waals surface area contributed by atoms with Gasteiger partial charge < -0.3 is 16.2 Å². The molecule has 2 aromatic rings. The van der Waals surface area contributed by atoms with Crippen LogP contribution in [0.3, 0.4) is 0 Å². The van der Waals surface area contributed by atoms with Gasteiger partial charge in [0.15, 0.2) is 0 Å². The van der Waals surface area contributed by atoms with Crippen LogP contribution in [0.4, 0.5) is 21.9 Å². The number of para-hydroxylation sites is 1. The predicted molar refractivity (Wildman–Crippen MR) is 90.6 cm³/mol. The number of rotatable bonds is 2. The first-order valence-corrected chi connectivity index (χ1v) is 7.01. The quantitative estimate of drug-likeness (QED) is 0.734. The van der Waals surface area contributed by atoms with Crippen molar-refractivity contribution in [2.24, 2.45) is 0 Å². The second-order valence-electron chi connectivity index (χ2n) is 5.98. The average Bonchev–Trinajstić information content (AvgIpc) is 2.38. The molecule has 0 bridgehead atoms. The minimum absolute atomic E-state index is 0.533. The molecule has 0 spiro atoms. The lowest BCUT2D eigenvalue weighted by atomic mass is 10.00. The molecule has 0 aliphatic rings. The maximum absolute atomic E-state index is 12.0. The van der Waals surface area contributed by atoms with Gasteiger partial charge in [-0.1, -0.05) is 24.3 Å². The minimum atomic E-state index is -0.573. The lowest BCUT2D eigenvalue weighted by Crippen LogP contribution is -2.27.